The highest BCUT2D eigenvalue weighted by atomic mass is 16.5. The van der Waals surface area contributed by atoms with Gasteiger partial charge in [-0.2, -0.15) is 0 Å². The summed E-state index contributed by atoms with van der Waals surface area (Å²) in [6.07, 6.45) is 0.905. The zero-order chi connectivity index (χ0) is 21.3. The normalized spacial score (nSPS) is 10.3. The van der Waals surface area contributed by atoms with Gasteiger partial charge in [-0.15, -0.1) is 0 Å². The minimum Gasteiger partial charge on any atom is -0.484 e. The van der Waals surface area contributed by atoms with Gasteiger partial charge in [-0.25, -0.2) is 0 Å². The fourth-order valence-electron chi connectivity index (χ4n) is 3.14. The van der Waals surface area contributed by atoms with E-state index in [1.165, 1.54) is 0 Å². The molecule has 0 aromatic heterocycles. The first-order chi connectivity index (χ1) is 14.6. The summed E-state index contributed by atoms with van der Waals surface area (Å²) in [5.74, 6) is 0.263. The van der Waals surface area contributed by atoms with Gasteiger partial charge in [-0.3, -0.25) is 9.59 Å². The zero-order valence-electron chi connectivity index (χ0n) is 17.3. The number of carbonyl (C=O) groups is 2. The van der Waals surface area contributed by atoms with Crippen molar-refractivity contribution >= 4 is 23.2 Å². The third kappa shape index (κ3) is 5.47. The average Bonchev–Trinajstić information content (AvgIpc) is 2.79. The standard InChI is InChI=1S/C25H26N2O3/c1-3-19-10-8-15-23(16-19)30-18-24(28)26-21-12-9-11-20(17-21)25(29)27(4-2)22-13-6-5-7-14-22/h5-17H,3-4,18H2,1-2H3,(H,26,28). The van der Waals surface area contributed by atoms with E-state index in [0.29, 0.717) is 23.5 Å². The van der Waals surface area contributed by atoms with Crippen LogP contribution in [-0.4, -0.2) is 25.0 Å². The molecule has 0 unspecified atom stereocenters. The molecular formula is C25H26N2O3. The Bertz CT molecular complexity index is 1000. The molecule has 3 aromatic carbocycles. The molecule has 0 spiro atoms. The van der Waals surface area contributed by atoms with E-state index in [9.17, 15) is 9.59 Å². The van der Waals surface area contributed by atoms with Crippen molar-refractivity contribution in [1.82, 2.24) is 0 Å². The van der Waals surface area contributed by atoms with Gasteiger partial charge in [-0.1, -0.05) is 43.3 Å². The van der Waals surface area contributed by atoms with Crippen molar-refractivity contribution in [2.45, 2.75) is 20.3 Å². The molecule has 5 nitrogen and oxygen atoms in total. The summed E-state index contributed by atoms with van der Waals surface area (Å²) in [6, 6.07) is 24.1. The first-order valence-electron chi connectivity index (χ1n) is 10.1. The number of ether oxygens (including phenoxy) is 1. The molecule has 0 atom stereocenters. The fraction of sp³-hybridized carbons (Fsp3) is 0.200. The van der Waals surface area contributed by atoms with Crippen LogP contribution in [0.25, 0.3) is 0 Å². The van der Waals surface area contributed by atoms with Gasteiger partial charge in [0, 0.05) is 23.5 Å². The monoisotopic (exact) mass is 402 g/mol. The van der Waals surface area contributed by atoms with E-state index >= 15 is 0 Å². The van der Waals surface area contributed by atoms with Crippen LogP contribution >= 0.6 is 0 Å². The Morgan fingerprint density at radius 1 is 0.900 bits per heavy atom. The second kappa shape index (κ2) is 10.3. The maximum atomic E-state index is 13.0. The Hall–Kier alpha value is -3.60. The number of benzene rings is 3. The molecule has 1 N–H and O–H groups in total. The van der Waals surface area contributed by atoms with Crippen LogP contribution in [0, 0.1) is 0 Å². The van der Waals surface area contributed by atoms with E-state index in [4.69, 9.17) is 4.74 Å². The van der Waals surface area contributed by atoms with Gasteiger partial charge in [0.1, 0.15) is 5.75 Å². The predicted molar refractivity (Wildman–Crippen MR) is 120 cm³/mol. The Kier molecular flexibility index (Phi) is 7.22. The molecule has 5 heteroatoms. The number of nitrogens with one attached hydrogen (secondary N) is 1. The number of carbonyl (C=O) groups excluding carboxylic acids is 2. The molecule has 0 aliphatic heterocycles. The summed E-state index contributed by atoms with van der Waals surface area (Å²) in [5, 5.41) is 2.80. The van der Waals surface area contributed by atoms with Crippen LogP contribution in [0.2, 0.25) is 0 Å². The first kappa shape index (κ1) is 21.1. The van der Waals surface area contributed by atoms with E-state index in [1.54, 1.807) is 29.2 Å². The summed E-state index contributed by atoms with van der Waals surface area (Å²) in [5.41, 5.74) is 3.05. The summed E-state index contributed by atoms with van der Waals surface area (Å²) in [6.45, 7) is 4.44. The smallest absolute Gasteiger partial charge is 0.262 e. The lowest BCUT2D eigenvalue weighted by atomic mass is 10.1. The highest BCUT2D eigenvalue weighted by Crippen LogP contribution is 2.19. The summed E-state index contributed by atoms with van der Waals surface area (Å²) >= 11 is 0. The quantitative estimate of drug-likeness (QED) is 0.581. The lowest BCUT2D eigenvalue weighted by Gasteiger charge is -2.21. The molecule has 0 radical (unpaired) electrons. The van der Waals surface area contributed by atoms with E-state index in [2.05, 4.69) is 12.2 Å². The number of nitrogens with zero attached hydrogens (tertiary/aromatic N) is 1. The van der Waals surface area contributed by atoms with Gasteiger partial charge in [-0.05, 0) is 61.4 Å². The number of amides is 2. The Balaban J connectivity index is 1.64. The van der Waals surface area contributed by atoms with Crippen molar-refractivity contribution in [2.75, 3.05) is 23.4 Å². The summed E-state index contributed by atoms with van der Waals surface area (Å²) < 4.78 is 5.59. The van der Waals surface area contributed by atoms with Crippen molar-refractivity contribution in [1.29, 1.82) is 0 Å². The van der Waals surface area contributed by atoms with Crippen LogP contribution in [0.4, 0.5) is 11.4 Å². The largest absolute Gasteiger partial charge is 0.484 e. The molecule has 0 aliphatic rings. The van der Waals surface area contributed by atoms with Crippen LogP contribution in [0.3, 0.4) is 0 Å². The lowest BCUT2D eigenvalue weighted by molar-refractivity contribution is -0.118. The first-order valence-corrected chi connectivity index (χ1v) is 10.1. The summed E-state index contributed by atoms with van der Waals surface area (Å²) in [4.78, 5) is 27.0. The van der Waals surface area contributed by atoms with E-state index in [0.717, 1.165) is 17.7 Å². The molecule has 0 fully saturated rings. The van der Waals surface area contributed by atoms with Gasteiger partial charge in [0.05, 0.1) is 0 Å². The zero-order valence-corrected chi connectivity index (χ0v) is 17.3. The van der Waals surface area contributed by atoms with Crippen LogP contribution < -0.4 is 15.0 Å². The molecule has 0 saturated carbocycles. The molecule has 3 aromatic rings. The van der Waals surface area contributed by atoms with Crippen molar-refractivity contribution in [3.8, 4) is 5.75 Å². The number of anilines is 2. The van der Waals surface area contributed by atoms with E-state index in [-0.39, 0.29) is 18.4 Å². The molecule has 30 heavy (non-hydrogen) atoms. The van der Waals surface area contributed by atoms with Gasteiger partial charge >= 0.3 is 0 Å². The maximum Gasteiger partial charge on any atom is 0.262 e. The lowest BCUT2D eigenvalue weighted by Crippen LogP contribution is -2.30. The molecule has 0 aliphatic carbocycles. The van der Waals surface area contributed by atoms with Crippen molar-refractivity contribution in [2.24, 2.45) is 0 Å². The molecule has 0 saturated heterocycles. The Labute approximate surface area is 177 Å². The minimum atomic E-state index is -0.281. The third-order valence-electron chi connectivity index (χ3n) is 4.70. The SMILES string of the molecule is CCc1cccc(OCC(=O)Nc2cccc(C(=O)N(CC)c3ccccc3)c2)c1. The number of aryl methyl sites for hydroxylation is 1. The second-order valence-electron chi connectivity index (χ2n) is 6.80. The second-order valence-corrected chi connectivity index (χ2v) is 6.80. The van der Waals surface area contributed by atoms with Gasteiger partial charge < -0.3 is 15.0 Å². The van der Waals surface area contributed by atoms with Crippen molar-refractivity contribution in [3.63, 3.8) is 0 Å². The van der Waals surface area contributed by atoms with Crippen LogP contribution in [0.5, 0.6) is 5.75 Å². The highest BCUT2D eigenvalue weighted by molar-refractivity contribution is 6.07. The van der Waals surface area contributed by atoms with E-state index < -0.39 is 0 Å². The predicted octanol–water partition coefficient (Wildman–Crippen LogP) is 4.93. The Morgan fingerprint density at radius 3 is 2.40 bits per heavy atom. The molecular weight excluding hydrogens is 376 g/mol. The molecule has 0 heterocycles. The van der Waals surface area contributed by atoms with Crippen LogP contribution in [0.1, 0.15) is 29.8 Å². The number of hydrogen-bond donors (Lipinski definition) is 1. The number of rotatable bonds is 8. The average molecular weight is 402 g/mol. The van der Waals surface area contributed by atoms with Crippen LogP contribution in [-0.2, 0) is 11.2 Å². The van der Waals surface area contributed by atoms with E-state index in [1.807, 2.05) is 61.5 Å². The number of hydrogen-bond acceptors (Lipinski definition) is 3. The number of para-hydroxylation sites is 1. The van der Waals surface area contributed by atoms with Crippen LogP contribution in [0.15, 0.2) is 78.9 Å². The van der Waals surface area contributed by atoms with Gasteiger partial charge in [0.15, 0.2) is 6.61 Å². The molecule has 3 rings (SSSR count). The fourth-order valence-corrected chi connectivity index (χ4v) is 3.14. The van der Waals surface area contributed by atoms with Gasteiger partial charge in [0.25, 0.3) is 11.8 Å². The molecule has 154 valence electrons. The van der Waals surface area contributed by atoms with Gasteiger partial charge in [0.2, 0.25) is 0 Å². The highest BCUT2D eigenvalue weighted by Gasteiger charge is 2.16. The third-order valence-corrected chi connectivity index (χ3v) is 4.70. The maximum absolute atomic E-state index is 13.0. The van der Waals surface area contributed by atoms with Crippen molar-refractivity contribution in [3.05, 3.63) is 90.0 Å². The topological polar surface area (TPSA) is 58.6 Å². The van der Waals surface area contributed by atoms with Crippen molar-refractivity contribution < 1.29 is 14.3 Å². The molecule has 2 amide bonds. The molecule has 0 bridgehead atoms. The minimum absolute atomic E-state index is 0.101. The summed E-state index contributed by atoms with van der Waals surface area (Å²) in [7, 11) is 0. The Morgan fingerprint density at radius 2 is 1.67 bits per heavy atom.